The number of nitrogens with zero attached hydrogens (tertiary/aromatic N) is 1. The van der Waals surface area contributed by atoms with E-state index in [9.17, 15) is 9.59 Å². The van der Waals surface area contributed by atoms with Gasteiger partial charge in [-0.2, -0.15) is 0 Å². The molecule has 0 N–H and O–H groups in total. The van der Waals surface area contributed by atoms with Gasteiger partial charge in [0.15, 0.2) is 6.61 Å². The predicted octanol–water partition coefficient (Wildman–Crippen LogP) is 3.09. The van der Waals surface area contributed by atoms with E-state index in [0.717, 1.165) is 0 Å². The zero-order valence-electron chi connectivity index (χ0n) is 12.1. The molecule has 1 aromatic heterocycles. The lowest BCUT2D eigenvalue weighted by molar-refractivity contribution is -0.113. The zero-order chi connectivity index (χ0) is 16.2. The number of aromatic nitrogens is 1. The van der Waals surface area contributed by atoms with Gasteiger partial charge in [0.25, 0.3) is 5.24 Å². The minimum absolute atomic E-state index is 0.0778. The Balaban J connectivity index is 0.000000220. The normalized spacial score (nSPS) is 9.18. The first-order valence-electron chi connectivity index (χ1n) is 6.56. The number of benzene rings is 1. The van der Waals surface area contributed by atoms with E-state index >= 15 is 0 Å². The van der Waals surface area contributed by atoms with Crippen molar-refractivity contribution in [2.45, 2.75) is 6.92 Å². The molecule has 0 saturated carbocycles. The third-order valence-corrected chi connectivity index (χ3v) is 2.38. The van der Waals surface area contributed by atoms with Gasteiger partial charge in [-0.15, -0.1) is 0 Å². The van der Waals surface area contributed by atoms with E-state index in [1.54, 1.807) is 37.4 Å². The highest BCUT2D eigenvalue weighted by Gasteiger charge is 2.03. The minimum Gasteiger partial charge on any atom is -0.484 e. The Hall–Kier alpha value is -2.40. The molecule has 0 bridgehead atoms. The molecule has 0 spiro atoms. The molecule has 0 aliphatic rings. The van der Waals surface area contributed by atoms with E-state index in [4.69, 9.17) is 21.1 Å². The Kier molecular flexibility index (Phi) is 8.30. The maximum atomic E-state index is 11.0. The van der Waals surface area contributed by atoms with Gasteiger partial charge in [0.1, 0.15) is 5.75 Å². The fraction of sp³-hybridized carbons (Fsp3) is 0.188. The number of esters is 1. The molecule has 1 aromatic carbocycles. The number of pyridine rings is 1. The summed E-state index contributed by atoms with van der Waals surface area (Å²) >= 11 is 5.06. The van der Waals surface area contributed by atoms with Crippen LogP contribution in [0.2, 0.25) is 0 Å². The largest absolute Gasteiger partial charge is 0.484 e. The highest BCUT2D eigenvalue weighted by molar-refractivity contribution is 6.63. The molecule has 116 valence electrons. The molecule has 0 atom stereocenters. The fourth-order valence-electron chi connectivity index (χ4n) is 1.35. The van der Waals surface area contributed by atoms with Crippen molar-refractivity contribution >= 4 is 22.8 Å². The van der Waals surface area contributed by atoms with E-state index in [0.29, 0.717) is 17.9 Å². The third kappa shape index (κ3) is 7.40. The summed E-state index contributed by atoms with van der Waals surface area (Å²) in [6.45, 7) is 2.09. The smallest absolute Gasteiger partial charge is 0.339 e. The summed E-state index contributed by atoms with van der Waals surface area (Å²) in [4.78, 5) is 25.0. The van der Waals surface area contributed by atoms with E-state index in [2.05, 4.69) is 4.98 Å². The lowest BCUT2D eigenvalue weighted by atomic mass is 10.3. The second kappa shape index (κ2) is 10.3. The molecule has 6 heteroatoms. The summed E-state index contributed by atoms with van der Waals surface area (Å²) in [6, 6.07) is 12.4. The van der Waals surface area contributed by atoms with Gasteiger partial charge in [-0.05, 0) is 42.8 Å². The van der Waals surface area contributed by atoms with Gasteiger partial charge in [0.2, 0.25) is 0 Å². The minimum atomic E-state index is -0.492. The maximum absolute atomic E-state index is 11.0. The number of halogens is 1. The quantitative estimate of drug-likeness (QED) is 0.625. The fourth-order valence-corrected chi connectivity index (χ4v) is 1.41. The topological polar surface area (TPSA) is 65.5 Å². The van der Waals surface area contributed by atoms with E-state index in [1.165, 1.54) is 6.20 Å². The molecule has 1 heterocycles. The number of rotatable bonds is 5. The van der Waals surface area contributed by atoms with Gasteiger partial charge in [-0.3, -0.25) is 9.78 Å². The van der Waals surface area contributed by atoms with Gasteiger partial charge in [0.05, 0.1) is 12.2 Å². The SMILES string of the molecule is CCOC(=O)c1cccnc1.O=C(Cl)COc1ccccc1. The van der Waals surface area contributed by atoms with Crippen molar-refractivity contribution in [3.8, 4) is 5.75 Å². The molecular formula is C16H16ClNO4. The van der Waals surface area contributed by atoms with Crippen LogP contribution in [0.3, 0.4) is 0 Å². The Morgan fingerprint density at radius 3 is 2.41 bits per heavy atom. The summed E-state index contributed by atoms with van der Waals surface area (Å²) < 4.78 is 9.73. The van der Waals surface area contributed by atoms with Crippen molar-refractivity contribution in [2.24, 2.45) is 0 Å². The second-order valence-electron chi connectivity index (χ2n) is 3.92. The van der Waals surface area contributed by atoms with Crippen LogP contribution in [0.4, 0.5) is 0 Å². The van der Waals surface area contributed by atoms with Crippen LogP contribution in [-0.4, -0.2) is 29.4 Å². The molecular weight excluding hydrogens is 306 g/mol. The average molecular weight is 322 g/mol. The summed E-state index contributed by atoms with van der Waals surface area (Å²) in [5.41, 5.74) is 0.495. The Labute approximate surface area is 133 Å². The molecule has 0 fully saturated rings. The lowest BCUT2D eigenvalue weighted by Crippen LogP contribution is -2.04. The molecule has 0 aliphatic heterocycles. The van der Waals surface area contributed by atoms with Crippen molar-refractivity contribution in [1.82, 2.24) is 4.98 Å². The van der Waals surface area contributed by atoms with Gasteiger partial charge >= 0.3 is 5.97 Å². The molecule has 2 aromatic rings. The van der Waals surface area contributed by atoms with Crippen LogP contribution in [0.15, 0.2) is 54.9 Å². The van der Waals surface area contributed by atoms with Crippen LogP contribution in [-0.2, 0) is 9.53 Å². The number of para-hydroxylation sites is 1. The highest BCUT2D eigenvalue weighted by Crippen LogP contribution is 2.07. The summed E-state index contributed by atoms with van der Waals surface area (Å²) in [7, 11) is 0. The number of ether oxygens (including phenoxy) is 2. The zero-order valence-corrected chi connectivity index (χ0v) is 12.8. The van der Waals surface area contributed by atoms with Gasteiger partial charge in [-0.1, -0.05) is 18.2 Å². The maximum Gasteiger partial charge on any atom is 0.339 e. The van der Waals surface area contributed by atoms with Crippen LogP contribution in [0.25, 0.3) is 0 Å². The summed E-state index contributed by atoms with van der Waals surface area (Å²) in [5.74, 6) is 0.335. The van der Waals surface area contributed by atoms with Gasteiger partial charge < -0.3 is 9.47 Å². The van der Waals surface area contributed by atoms with Crippen LogP contribution >= 0.6 is 11.6 Å². The molecule has 5 nitrogen and oxygen atoms in total. The Morgan fingerprint density at radius 1 is 1.14 bits per heavy atom. The van der Waals surface area contributed by atoms with E-state index in [1.807, 2.05) is 18.2 Å². The number of hydrogen-bond acceptors (Lipinski definition) is 5. The number of carbonyl (C=O) groups is 2. The highest BCUT2D eigenvalue weighted by atomic mass is 35.5. The first-order chi connectivity index (χ1) is 10.6. The van der Waals surface area contributed by atoms with Crippen molar-refractivity contribution in [2.75, 3.05) is 13.2 Å². The Bertz CT molecular complexity index is 575. The molecule has 0 aliphatic carbocycles. The first kappa shape index (κ1) is 17.7. The van der Waals surface area contributed by atoms with Crippen LogP contribution in [0, 0.1) is 0 Å². The average Bonchev–Trinajstić information content (AvgIpc) is 2.55. The summed E-state index contributed by atoms with van der Waals surface area (Å²) in [5, 5.41) is -0.492. The second-order valence-corrected chi connectivity index (χ2v) is 4.34. The molecule has 22 heavy (non-hydrogen) atoms. The third-order valence-electron chi connectivity index (χ3n) is 2.27. The van der Waals surface area contributed by atoms with Gasteiger partial charge in [-0.25, -0.2) is 4.79 Å². The number of hydrogen-bond donors (Lipinski definition) is 0. The molecule has 0 unspecified atom stereocenters. The van der Waals surface area contributed by atoms with Crippen LogP contribution in [0.5, 0.6) is 5.75 Å². The molecule has 0 radical (unpaired) electrons. The van der Waals surface area contributed by atoms with Crippen molar-refractivity contribution in [3.63, 3.8) is 0 Å². The molecule has 0 saturated heterocycles. The van der Waals surface area contributed by atoms with Crippen molar-refractivity contribution in [1.29, 1.82) is 0 Å². The lowest BCUT2D eigenvalue weighted by Gasteiger charge is -2.00. The standard InChI is InChI=1S/C8H7ClO2.C8H9NO2/c9-8(10)6-11-7-4-2-1-3-5-7;1-2-11-8(10)7-4-3-5-9-6-7/h1-5H,6H2;3-6H,2H2,1H3. The van der Waals surface area contributed by atoms with Crippen LogP contribution < -0.4 is 4.74 Å². The monoisotopic (exact) mass is 321 g/mol. The van der Waals surface area contributed by atoms with Crippen molar-refractivity contribution < 1.29 is 19.1 Å². The number of carbonyl (C=O) groups excluding carboxylic acids is 2. The Morgan fingerprint density at radius 2 is 1.86 bits per heavy atom. The predicted molar refractivity (Wildman–Crippen MR) is 83.0 cm³/mol. The van der Waals surface area contributed by atoms with E-state index in [-0.39, 0.29) is 12.6 Å². The molecule has 0 amide bonds. The van der Waals surface area contributed by atoms with Crippen LogP contribution in [0.1, 0.15) is 17.3 Å². The van der Waals surface area contributed by atoms with Crippen molar-refractivity contribution in [3.05, 3.63) is 60.4 Å². The summed E-state index contributed by atoms with van der Waals surface area (Å²) in [6.07, 6.45) is 3.10. The van der Waals surface area contributed by atoms with Gasteiger partial charge in [0, 0.05) is 12.4 Å². The van der Waals surface area contributed by atoms with E-state index < -0.39 is 5.24 Å². The molecule has 2 rings (SSSR count). The first-order valence-corrected chi connectivity index (χ1v) is 6.94.